The van der Waals surface area contributed by atoms with E-state index in [0.29, 0.717) is 12.1 Å². The van der Waals surface area contributed by atoms with Gasteiger partial charge in [-0.2, -0.15) is 0 Å². The Balaban J connectivity index is 2.01. The number of furan rings is 1. The molecule has 2 rings (SSSR count). The molecule has 1 aliphatic rings. The van der Waals surface area contributed by atoms with Crippen molar-refractivity contribution < 1.29 is 4.42 Å². The summed E-state index contributed by atoms with van der Waals surface area (Å²) in [4.78, 5) is 2.26. The summed E-state index contributed by atoms with van der Waals surface area (Å²) in [5.74, 6) is 2.10. The molecule has 1 aromatic rings. The quantitative estimate of drug-likeness (QED) is 0.871. The highest BCUT2D eigenvalue weighted by atomic mass is 16.3. The first-order valence-electron chi connectivity index (χ1n) is 6.63. The Bertz CT molecular complexity index is 340. The molecule has 0 saturated carbocycles. The van der Waals surface area contributed by atoms with E-state index in [4.69, 9.17) is 4.42 Å². The van der Waals surface area contributed by atoms with Crippen LogP contribution >= 0.6 is 0 Å². The van der Waals surface area contributed by atoms with E-state index in [1.54, 1.807) is 0 Å². The van der Waals surface area contributed by atoms with Crippen LogP contribution in [0.2, 0.25) is 0 Å². The zero-order chi connectivity index (χ0) is 12.3. The lowest BCUT2D eigenvalue weighted by molar-refractivity contribution is 0.210. The Morgan fingerprint density at radius 2 is 2.24 bits per heavy atom. The van der Waals surface area contributed by atoms with Gasteiger partial charge in [0.15, 0.2) is 0 Å². The van der Waals surface area contributed by atoms with Gasteiger partial charge in [0.25, 0.3) is 0 Å². The second-order valence-corrected chi connectivity index (χ2v) is 5.31. The average Bonchev–Trinajstić information content (AvgIpc) is 2.73. The summed E-state index contributed by atoms with van der Waals surface area (Å²) < 4.78 is 5.78. The Morgan fingerprint density at radius 3 is 2.76 bits per heavy atom. The number of rotatable bonds is 4. The maximum atomic E-state index is 5.78. The van der Waals surface area contributed by atoms with Crippen molar-refractivity contribution in [3.63, 3.8) is 0 Å². The Kier molecular flexibility index (Phi) is 4.24. The molecule has 2 heterocycles. The average molecular weight is 236 g/mol. The van der Waals surface area contributed by atoms with Crippen LogP contribution in [0.15, 0.2) is 16.5 Å². The zero-order valence-corrected chi connectivity index (χ0v) is 11.2. The van der Waals surface area contributed by atoms with Crippen LogP contribution in [-0.2, 0) is 0 Å². The predicted octanol–water partition coefficient (Wildman–Crippen LogP) is 2.72. The topological polar surface area (TPSA) is 28.4 Å². The minimum atomic E-state index is 0.388. The van der Waals surface area contributed by atoms with Gasteiger partial charge in [-0.1, -0.05) is 6.42 Å². The Labute approximate surface area is 104 Å². The van der Waals surface area contributed by atoms with Crippen LogP contribution in [0.25, 0.3) is 0 Å². The van der Waals surface area contributed by atoms with Gasteiger partial charge < -0.3 is 9.73 Å². The molecule has 0 aliphatic carbocycles. The normalized spacial score (nSPS) is 22.9. The van der Waals surface area contributed by atoms with Gasteiger partial charge in [0, 0.05) is 6.04 Å². The molecule has 2 atom stereocenters. The number of piperidine rings is 1. The molecule has 96 valence electrons. The first-order chi connectivity index (χ1) is 8.16. The van der Waals surface area contributed by atoms with Crippen LogP contribution < -0.4 is 5.32 Å². The van der Waals surface area contributed by atoms with Gasteiger partial charge in [-0.15, -0.1) is 0 Å². The monoisotopic (exact) mass is 236 g/mol. The summed E-state index contributed by atoms with van der Waals surface area (Å²) in [5, 5.41) is 3.61. The molecule has 0 radical (unpaired) electrons. The SMILES string of the molecule is Cc1ccc(C(CC2CCCCN2)N(C)C)o1. The molecule has 1 aliphatic heterocycles. The first kappa shape index (κ1) is 12.7. The van der Waals surface area contributed by atoms with Crippen molar-refractivity contribution in [1.29, 1.82) is 0 Å². The van der Waals surface area contributed by atoms with E-state index >= 15 is 0 Å². The fourth-order valence-electron chi connectivity index (χ4n) is 2.61. The van der Waals surface area contributed by atoms with E-state index in [9.17, 15) is 0 Å². The summed E-state index contributed by atoms with van der Waals surface area (Å²) in [6, 6.07) is 5.20. The molecule has 1 fully saturated rings. The van der Waals surface area contributed by atoms with Crippen LogP contribution in [0.5, 0.6) is 0 Å². The van der Waals surface area contributed by atoms with Crippen LogP contribution in [-0.4, -0.2) is 31.6 Å². The van der Waals surface area contributed by atoms with Crippen LogP contribution in [0.4, 0.5) is 0 Å². The Hall–Kier alpha value is -0.800. The van der Waals surface area contributed by atoms with Crippen LogP contribution in [0, 0.1) is 6.92 Å². The van der Waals surface area contributed by atoms with Gasteiger partial charge in [-0.3, -0.25) is 4.90 Å². The highest BCUT2D eigenvalue weighted by Crippen LogP contribution is 2.27. The second kappa shape index (κ2) is 5.69. The number of nitrogens with zero attached hydrogens (tertiary/aromatic N) is 1. The largest absolute Gasteiger partial charge is 0.465 e. The number of aryl methyl sites for hydroxylation is 1. The lowest BCUT2D eigenvalue weighted by Gasteiger charge is -2.30. The molecule has 0 amide bonds. The third kappa shape index (κ3) is 3.33. The summed E-state index contributed by atoms with van der Waals surface area (Å²) >= 11 is 0. The minimum Gasteiger partial charge on any atom is -0.465 e. The summed E-state index contributed by atoms with van der Waals surface area (Å²) in [7, 11) is 4.26. The van der Waals surface area contributed by atoms with Gasteiger partial charge in [0.2, 0.25) is 0 Å². The molecule has 3 heteroatoms. The van der Waals surface area contributed by atoms with E-state index in [0.717, 1.165) is 17.9 Å². The van der Waals surface area contributed by atoms with E-state index < -0.39 is 0 Å². The second-order valence-electron chi connectivity index (χ2n) is 5.31. The maximum Gasteiger partial charge on any atom is 0.121 e. The number of hydrogen-bond donors (Lipinski definition) is 1. The standard InChI is InChI=1S/C14H24N2O/c1-11-7-8-14(17-11)13(16(2)3)10-12-6-4-5-9-15-12/h7-8,12-13,15H,4-6,9-10H2,1-3H3. The molecular formula is C14H24N2O. The molecule has 0 bridgehead atoms. The fourth-order valence-corrected chi connectivity index (χ4v) is 2.61. The van der Waals surface area contributed by atoms with Gasteiger partial charge in [0.05, 0.1) is 6.04 Å². The highest BCUT2D eigenvalue weighted by molar-refractivity contribution is 5.10. The summed E-state index contributed by atoms with van der Waals surface area (Å²) in [6.45, 7) is 3.18. The van der Waals surface area contributed by atoms with E-state index in [-0.39, 0.29) is 0 Å². The molecule has 1 saturated heterocycles. The van der Waals surface area contributed by atoms with Crippen LogP contribution in [0.1, 0.15) is 43.2 Å². The minimum absolute atomic E-state index is 0.388. The molecule has 1 N–H and O–H groups in total. The fraction of sp³-hybridized carbons (Fsp3) is 0.714. The lowest BCUT2D eigenvalue weighted by Crippen LogP contribution is -2.37. The molecule has 17 heavy (non-hydrogen) atoms. The maximum absolute atomic E-state index is 5.78. The van der Waals surface area contributed by atoms with Gasteiger partial charge in [0.1, 0.15) is 11.5 Å². The van der Waals surface area contributed by atoms with Crippen molar-refractivity contribution in [2.75, 3.05) is 20.6 Å². The van der Waals surface area contributed by atoms with Crippen molar-refractivity contribution >= 4 is 0 Å². The summed E-state index contributed by atoms with van der Waals surface area (Å²) in [5.41, 5.74) is 0. The van der Waals surface area contributed by atoms with E-state index in [2.05, 4.69) is 36.4 Å². The van der Waals surface area contributed by atoms with Gasteiger partial charge in [-0.05, 0) is 59.0 Å². The van der Waals surface area contributed by atoms with Crippen molar-refractivity contribution in [1.82, 2.24) is 10.2 Å². The lowest BCUT2D eigenvalue weighted by atomic mass is 9.96. The van der Waals surface area contributed by atoms with E-state index in [1.807, 2.05) is 6.92 Å². The molecule has 1 aromatic heterocycles. The highest BCUT2D eigenvalue weighted by Gasteiger charge is 2.23. The molecule has 0 spiro atoms. The predicted molar refractivity (Wildman–Crippen MR) is 70.1 cm³/mol. The smallest absolute Gasteiger partial charge is 0.121 e. The third-order valence-electron chi connectivity index (χ3n) is 3.63. The molecular weight excluding hydrogens is 212 g/mol. The van der Waals surface area contributed by atoms with E-state index in [1.165, 1.54) is 25.8 Å². The van der Waals surface area contributed by atoms with Crippen molar-refractivity contribution in [3.05, 3.63) is 23.7 Å². The van der Waals surface area contributed by atoms with Crippen molar-refractivity contribution in [2.24, 2.45) is 0 Å². The van der Waals surface area contributed by atoms with Crippen molar-refractivity contribution in [3.8, 4) is 0 Å². The van der Waals surface area contributed by atoms with Crippen LogP contribution in [0.3, 0.4) is 0 Å². The number of nitrogens with one attached hydrogen (secondary N) is 1. The Morgan fingerprint density at radius 1 is 1.41 bits per heavy atom. The summed E-state index contributed by atoms with van der Waals surface area (Å²) in [6.07, 6.45) is 5.11. The molecule has 3 nitrogen and oxygen atoms in total. The molecule has 0 aromatic carbocycles. The zero-order valence-electron chi connectivity index (χ0n) is 11.2. The van der Waals surface area contributed by atoms with Crippen molar-refractivity contribution in [2.45, 2.75) is 44.7 Å². The number of hydrogen-bond acceptors (Lipinski definition) is 3. The third-order valence-corrected chi connectivity index (χ3v) is 3.63. The molecule has 2 unspecified atom stereocenters. The first-order valence-corrected chi connectivity index (χ1v) is 6.63. The van der Waals surface area contributed by atoms with Gasteiger partial charge >= 0.3 is 0 Å². The van der Waals surface area contributed by atoms with Gasteiger partial charge in [-0.25, -0.2) is 0 Å².